The van der Waals surface area contributed by atoms with Gasteiger partial charge in [0.05, 0.1) is 0 Å². The van der Waals surface area contributed by atoms with Gasteiger partial charge < -0.3 is 0 Å². The van der Waals surface area contributed by atoms with E-state index in [1.54, 1.807) is 55.7 Å². The van der Waals surface area contributed by atoms with Crippen LogP contribution in [0.5, 0.6) is 0 Å². The molecule has 2 atom stereocenters. The third-order valence-electron chi connectivity index (χ3n) is 11.0. The zero-order valence-corrected chi connectivity index (χ0v) is 30.6. The molecule has 0 N–H and O–H groups in total. The van der Waals surface area contributed by atoms with Crippen molar-refractivity contribution in [2.75, 3.05) is 0 Å². The molecule has 1 heteroatoms. The van der Waals surface area contributed by atoms with Crippen LogP contribution in [-0.2, 0) is 20.3 Å². The fourth-order valence-corrected chi connectivity index (χ4v) is 21.2. The summed E-state index contributed by atoms with van der Waals surface area (Å²) in [5.41, 5.74) is 20.1. The predicted octanol–water partition coefficient (Wildman–Crippen LogP) is 12.6. The van der Waals surface area contributed by atoms with E-state index in [9.17, 15) is 0 Å². The van der Waals surface area contributed by atoms with Crippen LogP contribution in [0.3, 0.4) is 0 Å². The summed E-state index contributed by atoms with van der Waals surface area (Å²) in [4.78, 5) is 0. The van der Waals surface area contributed by atoms with Crippen molar-refractivity contribution in [2.24, 2.45) is 5.41 Å². The van der Waals surface area contributed by atoms with Gasteiger partial charge in [-0.05, 0) is 0 Å². The van der Waals surface area contributed by atoms with E-state index in [4.69, 9.17) is 0 Å². The van der Waals surface area contributed by atoms with E-state index in [0.717, 1.165) is 0 Å². The molecule has 0 saturated carbocycles. The Morgan fingerprint density at radius 3 is 1.23 bits per heavy atom. The number of benzene rings is 2. The van der Waals surface area contributed by atoms with Crippen molar-refractivity contribution in [3.05, 3.63) is 79.9 Å². The molecule has 2 unspecified atom stereocenters. The second-order valence-corrected chi connectivity index (χ2v) is 27.4. The normalized spacial score (nSPS) is 22.6. The molecule has 4 bridgehead atoms. The number of hydrogen-bond acceptors (Lipinski definition) is 0. The summed E-state index contributed by atoms with van der Waals surface area (Å²) >= 11 is -2.96. The van der Waals surface area contributed by atoms with E-state index in [2.05, 4.69) is 117 Å². The molecule has 0 saturated heterocycles. The maximum atomic E-state index is 2.83. The first-order chi connectivity index (χ1) is 18.6. The summed E-state index contributed by atoms with van der Waals surface area (Å²) in [6.45, 7) is 29.4. The molecule has 2 aliphatic carbocycles. The number of rotatable bonds is 6. The van der Waals surface area contributed by atoms with Crippen molar-refractivity contribution in [3.63, 3.8) is 0 Å². The van der Waals surface area contributed by atoms with Gasteiger partial charge in [-0.1, -0.05) is 0 Å². The van der Waals surface area contributed by atoms with E-state index < -0.39 is 20.3 Å². The zero-order chi connectivity index (χ0) is 29.6. The van der Waals surface area contributed by atoms with E-state index in [1.165, 1.54) is 12.8 Å². The second-order valence-electron chi connectivity index (χ2n) is 15.6. The molecule has 0 radical (unpaired) electrons. The summed E-state index contributed by atoms with van der Waals surface area (Å²) in [5, 5.41) is 0. The summed E-state index contributed by atoms with van der Waals surface area (Å²) in [6, 6.07) is 10.6. The van der Waals surface area contributed by atoms with Gasteiger partial charge in [0.1, 0.15) is 0 Å². The summed E-state index contributed by atoms with van der Waals surface area (Å²) < 4.78 is 6.98. The monoisotopic (exact) mass is 614 g/mol. The standard InChI is InChI=1S/C37H50.2CH3.Zr/c1-13-25-15-29-17-27(21(3)4)19-31(23(7)8)33(29)35(25)37(11,12)36-26(14-2)16-30-18-28(22(5)6)20-32(24(9)10)34(30)36;;;/h15-24H,13-14H2,1-12H3;2*1H3;. The van der Waals surface area contributed by atoms with Crippen molar-refractivity contribution in [1.82, 2.24) is 0 Å². The van der Waals surface area contributed by atoms with Crippen LogP contribution in [-0.4, -0.2) is 0 Å². The van der Waals surface area contributed by atoms with Crippen molar-refractivity contribution in [1.29, 1.82) is 0 Å². The van der Waals surface area contributed by atoms with Crippen LogP contribution in [0.2, 0.25) is 9.26 Å². The van der Waals surface area contributed by atoms with E-state index in [0.29, 0.717) is 30.9 Å². The Hall–Kier alpha value is -1.20. The van der Waals surface area contributed by atoms with Crippen LogP contribution >= 0.6 is 0 Å². The van der Waals surface area contributed by atoms with Gasteiger partial charge >= 0.3 is 253 Å². The summed E-state index contributed by atoms with van der Waals surface area (Å²) in [6.07, 6.45) is 2.36. The molecule has 216 valence electrons. The number of allylic oxidation sites excluding steroid dienone is 4. The van der Waals surface area contributed by atoms with Gasteiger partial charge in [-0.2, -0.15) is 0 Å². The predicted molar refractivity (Wildman–Crippen MR) is 175 cm³/mol. The quantitative estimate of drug-likeness (QED) is 0.303. The molecule has 3 aliphatic rings. The first-order valence-electron chi connectivity index (χ1n) is 16.4. The molecular formula is C39H56Zr. The van der Waals surface area contributed by atoms with E-state index in [-0.39, 0.29) is 5.41 Å². The summed E-state index contributed by atoms with van der Waals surface area (Å²) in [5.74, 6) is 2.16. The minimum atomic E-state index is -2.96. The van der Waals surface area contributed by atoms with Crippen molar-refractivity contribution < 1.29 is 20.3 Å². The van der Waals surface area contributed by atoms with Gasteiger partial charge in [-0.25, -0.2) is 0 Å². The van der Waals surface area contributed by atoms with Crippen molar-refractivity contribution in [2.45, 2.75) is 136 Å². The summed E-state index contributed by atoms with van der Waals surface area (Å²) in [7, 11) is 0. The molecule has 0 aromatic heterocycles. The van der Waals surface area contributed by atoms with Gasteiger partial charge in [0.25, 0.3) is 0 Å². The first kappa shape index (κ1) is 30.3. The van der Waals surface area contributed by atoms with Gasteiger partial charge in [0, 0.05) is 0 Å². The van der Waals surface area contributed by atoms with Crippen molar-refractivity contribution in [3.8, 4) is 0 Å². The Bertz CT molecular complexity index is 1310. The van der Waals surface area contributed by atoms with Crippen LogP contribution in [0.1, 0.15) is 171 Å². The Morgan fingerprint density at radius 2 is 0.950 bits per heavy atom. The van der Waals surface area contributed by atoms with Crippen LogP contribution in [0.25, 0.3) is 11.1 Å². The second kappa shape index (κ2) is 10.2. The third-order valence-corrected chi connectivity index (χ3v) is 21.5. The maximum absolute atomic E-state index is 2.96. The molecule has 40 heavy (non-hydrogen) atoms. The molecule has 1 aliphatic heterocycles. The fourth-order valence-electron chi connectivity index (χ4n) is 9.20. The topological polar surface area (TPSA) is 0 Å². The SMILES string of the molecule is CCC1=C2c3c(C(C)C)cc(C(C)C)cc3[CH]1[Zr]([CH3])([CH3])[CH]1C(CC)=C(c3c(C(C)C)cc(C(C)C)cc31)C2(C)C. The van der Waals surface area contributed by atoms with Gasteiger partial charge in [0.15, 0.2) is 0 Å². The molecule has 0 fully saturated rings. The minimum absolute atomic E-state index is 0.0158. The fraction of sp³-hybridized carbons (Fsp3) is 0.590. The van der Waals surface area contributed by atoms with E-state index in [1.807, 2.05) is 11.1 Å². The third kappa shape index (κ3) is 4.14. The molecular weight excluding hydrogens is 560 g/mol. The number of fused-ring (bicyclic) bond motifs is 8. The van der Waals surface area contributed by atoms with Crippen molar-refractivity contribution >= 4 is 11.1 Å². The molecule has 0 nitrogen and oxygen atoms in total. The van der Waals surface area contributed by atoms with Crippen LogP contribution in [0.15, 0.2) is 35.4 Å². The molecule has 2 aromatic rings. The molecule has 0 amide bonds. The van der Waals surface area contributed by atoms with Crippen LogP contribution in [0.4, 0.5) is 0 Å². The van der Waals surface area contributed by atoms with E-state index >= 15 is 0 Å². The Morgan fingerprint density at radius 1 is 0.600 bits per heavy atom. The number of hydrogen-bond donors (Lipinski definition) is 0. The van der Waals surface area contributed by atoms with Gasteiger partial charge in [0.2, 0.25) is 0 Å². The Balaban J connectivity index is 1.97. The molecule has 1 heterocycles. The van der Waals surface area contributed by atoms with Gasteiger partial charge in [-0.3, -0.25) is 0 Å². The molecule has 0 spiro atoms. The average molecular weight is 616 g/mol. The van der Waals surface area contributed by atoms with Gasteiger partial charge in [-0.15, -0.1) is 0 Å². The Kier molecular flexibility index (Phi) is 7.73. The Labute approximate surface area is 251 Å². The van der Waals surface area contributed by atoms with Crippen LogP contribution < -0.4 is 0 Å². The molecule has 5 rings (SSSR count). The zero-order valence-electron chi connectivity index (χ0n) is 28.2. The molecule has 2 aromatic carbocycles. The first-order valence-corrected chi connectivity index (χ1v) is 24.2. The average Bonchev–Trinajstić information content (AvgIpc) is 3.41. The van der Waals surface area contributed by atoms with Crippen LogP contribution in [0, 0.1) is 5.41 Å².